The summed E-state index contributed by atoms with van der Waals surface area (Å²) in [5, 5.41) is 0. The topological polar surface area (TPSA) is 62.3 Å². The van der Waals surface area contributed by atoms with E-state index >= 15 is 0 Å². The van der Waals surface area contributed by atoms with E-state index in [1.54, 1.807) is 16.8 Å². The highest BCUT2D eigenvalue weighted by Crippen LogP contribution is 2.35. The molecular weight excluding hydrogens is 510 g/mol. The molecular formula is C31H35N3O4S. The Morgan fingerprint density at radius 3 is 2.41 bits per heavy atom. The molecule has 1 aliphatic carbocycles. The van der Waals surface area contributed by atoms with E-state index in [9.17, 15) is 8.42 Å². The van der Waals surface area contributed by atoms with Crippen LogP contribution < -0.4 is 4.31 Å². The summed E-state index contributed by atoms with van der Waals surface area (Å²) in [4.78, 5) is 4.57. The van der Waals surface area contributed by atoms with Gasteiger partial charge in [-0.05, 0) is 48.4 Å². The zero-order valence-electron chi connectivity index (χ0n) is 22.1. The molecule has 0 aromatic heterocycles. The summed E-state index contributed by atoms with van der Waals surface area (Å²) in [5.74, 6) is 1.50. The third kappa shape index (κ3) is 5.77. The fourth-order valence-electron chi connectivity index (χ4n) is 5.81. The SMILES string of the molecule is O=S(=O)(Cc1ccccc1)N1c2ccccc2CCC1CN1CCN(C2=COC(C3=CC=CCC3)=CO2)CC1. The number of ether oxygens (including phenoxy) is 2. The largest absolute Gasteiger partial charge is 0.456 e. The zero-order chi connectivity index (χ0) is 26.7. The van der Waals surface area contributed by atoms with Gasteiger partial charge in [0.2, 0.25) is 15.9 Å². The van der Waals surface area contributed by atoms with Crippen molar-refractivity contribution >= 4 is 15.7 Å². The van der Waals surface area contributed by atoms with Crippen LogP contribution in [-0.2, 0) is 31.7 Å². The van der Waals surface area contributed by atoms with Crippen LogP contribution in [0.5, 0.6) is 0 Å². The Bertz CT molecular complexity index is 1410. The van der Waals surface area contributed by atoms with Crippen LogP contribution in [0, 0.1) is 0 Å². The van der Waals surface area contributed by atoms with E-state index in [2.05, 4.69) is 34.1 Å². The number of aryl methyl sites for hydroxylation is 1. The molecule has 0 radical (unpaired) electrons. The van der Waals surface area contributed by atoms with Gasteiger partial charge in [0.1, 0.15) is 6.26 Å². The molecule has 204 valence electrons. The molecule has 6 rings (SSSR count). The van der Waals surface area contributed by atoms with E-state index in [4.69, 9.17) is 9.47 Å². The number of para-hydroxylation sites is 1. The highest BCUT2D eigenvalue weighted by molar-refractivity contribution is 7.92. The van der Waals surface area contributed by atoms with Crippen molar-refractivity contribution in [2.24, 2.45) is 0 Å². The number of allylic oxidation sites excluding steroid dienone is 4. The van der Waals surface area contributed by atoms with Crippen LogP contribution in [0.2, 0.25) is 0 Å². The summed E-state index contributed by atoms with van der Waals surface area (Å²) >= 11 is 0. The number of rotatable bonds is 7. The molecule has 4 aliphatic rings. The number of nitrogens with zero attached hydrogens (tertiary/aromatic N) is 3. The molecule has 2 aromatic carbocycles. The van der Waals surface area contributed by atoms with Crippen molar-refractivity contribution in [3.05, 3.63) is 114 Å². The summed E-state index contributed by atoms with van der Waals surface area (Å²) in [7, 11) is -3.56. The van der Waals surface area contributed by atoms with E-state index in [0.717, 1.165) is 85.9 Å². The maximum absolute atomic E-state index is 13.8. The zero-order valence-corrected chi connectivity index (χ0v) is 22.9. The Morgan fingerprint density at radius 2 is 1.67 bits per heavy atom. The predicted octanol–water partition coefficient (Wildman–Crippen LogP) is 4.92. The van der Waals surface area contributed by atoms with Gasteiger partial charge >= 0.3 is 0 Å². The molecule has 2 aromatic rings. The van der Waals surface area contributed by atoms with Crippen molar-refractivity contribution in [1.82, 2.24) is 9.80 Å². The van der Waals surface area contributed by atoms with Gasteiger partial charge in [-0.3, -0.25) is 9.21 Å². The summed E-state index contributed by atoms with van der Waals surface area (Å²) in [6.07, 6.45) is 13.4. The number of hydrogen-bond acceptors (Lipinski definition) is 6. The second-order valence-electron chi connectivity index (χ2n) is 10.5. The molecule has 1 saturated heterocycles. The van der Waals surface area contributed by atoms with Gasteiger partial charge in [-0.1, -0.05) is 66.8 Å². The van der Waals surface area contributed by atoms with Crippen molar-refractivity contribution in [3.8, 4) is 0 Å². The lowest BCUT2D eigenvalue weighted by atomic mass is 9.97. The van der Waals surface area contributed by atoms with Crippen molar-refractivity contribution in [2.75, 3.05) is 37.0 Å². The summed E-state index contributed by atoms with van der Waals surface area (Å²) in [6.45, 7) is 3.96. The van der Waals surface area contributed by atoms with Gasteiger partial charge in [0, 0.05) is 32.7 Å². The summed E-state index contributed by atoms with van der Waals surface area (Å²) in [6, 6.07) is 17.3. The van der Waals surface area contributed by atoms with Crippen LogP contribution in [0.15, 0.2) is 103 Å². The maximum atomic E-state index is 13.8. The molecule has 8 heteroatoms. The standard InChI is InChI=1S/C31H35N3O4S/c35-39(36,24-25-9-3-1-4-10-25)34-28(16-15-26-11-7-8-14-29(26)34)21-32-17-19-33(20-18-32)31-23-37-30(22-38-31)27-12-5-2-6-13-27/h1-5,7-12,14,22-23,28H,6,13,15-21,24H2. The molecule has 3 heterocycles. The van der Waals surface area contributed by atoms with E-state index in [0.29, 0.717) is 6.54 Å². The van der Waals surface area contributed by atoms with Crippen LogP contribution >= 0.6 is 0 Å². The number of piperazine rings is 1. The minimum absolute atomic E-state index is 0.000637. The van der Waals surface area contributed by atoms with Gasteiger partial charge in [-0.25, -0.2) is 8.42 Å². The highest BCUT2D eigenvalue weighted by Gasteiger charge is 2.36. The van der Waals surface area contributed by atoms with E-state index in [1.165, 1.54) is 0 Å². The van der Waals surface area contributed by atoms with Crippen LogP contribution in [-0.4, -0.2) is 57.0 Å². The molecule has 3 aliphatic heterocycles. The number of hydrogen-bond donors (Lipinski definition) is 0. The average molecular weight is 546 g/mol. The molecule has 0 spiro atoms. The first-order valence-corrected chi connectivity index (χ1v) is 15.4. The number of fused-ring (bicyclic) bond motifs is 1. The Balaban J connectivity index is 1.11. The van der Waals surface area contributed by atoms with Gasteiger partial charge < -0.3 is 14.4 Å². The second-order valence-corrected chi connectivity index (χ2v) is 12.3. The van der Waals surface area contributed by atoms with Gasteiger partial charge in [0.05, 0.1) is 17.5 Å². The molecule has 1 atom stereocenters. The molecule has 0 saturated carbocycles. The van der Waals surface area contributed by atoms with Crippen molar-refractivity contribution in [3.63, 3.8) is 0 Å². The first kappa shape index (κ1) is 25.8. The van der Waals surface area contributed by atoms with E-state index in [-0.39, 0.29) is 11.8 Å². The van der Waals surface area contributed by atoms with Crippen LogP contribution in [0.4, 0.5) is 5.69 Å². The average Bonchev–Trinajstić information content (AvgIpc) is 2.98. The van der Waals surface area contributed by atoms with Crippen molar-refractivity contribution in [1.29, 1.82) is 0 Å². The van der Waals surface area contributed by atoms with Gasteiger partial charge in [0.25, 0.3) is 0 Å². The minimum Gasteiger partial charge on any atom is -0.456 e. The lowest BCUT2D eigenvalue weighted by Gasteiger charge is -2.42. The van der Waals surface area contributed by atoms with Crippen LogP contribution in [0.3, 0.4) is 0 Å². The minimum atomic E-state index is -3.56. The third-order valence-corrected chi connectivity index (χ3v) is 9.65. The Kier molecular flexibility index (Phi) is 7.48. The Morgan fingerprint density at radius 1 is 0.872 bits per heavy atom. The number of anilines is 1. The van der Waals surface area contributed by atoms with Crippen LogP contribution in [0.1, 0.15) is 30.4 Å². The predicted molar refractivity (Wildman–Crippen MR) is 153 cm³/mol. The quantitative estimate of drug-likeness (QED) is 0.492. The number of sulfonamides is 1. The highest BCUT2D eigenvalue weighted by atomic mass is 32.2. The Labute approximate surface area is 231 Å². The van der Waals surface area contributed by atoms with Gasteiger partial charge in [-0.2, -0.15) is 0 Å². The molecule has 0 amide bonds. The van der Waals surface area contributed by atoms with Gasteiger partial charge in [-0.15, -0.1) is 0 Å². The van der Waals surface area contributed by atoms with Gasteiger partial charge in [0.15, 0.2) is 12.0 Å². The molecule has 0 N–H and O–H groups in total. The molecule has 0 bridgehead atoms. The first-order chi connectivity index (χ1) is 19.1. The molecule has 39 heavy (non-hydrogen) atoms. The lowest BCUT2D eigenvalue weighted by molar-refractivity contribution is 0.0819. The smallest absolute Gasteiger partial charge is 0.239 e. The second kappa shape index (κ2) is 11.3. The lowest BCUT2D eigenvalue weighted by Crippen LogP contribution is -2.54. The first-order valence-electron chi connectivity index (χ1n) is 13.8. The molecule has 1 unspecified atom stereocenters. The Hall–Kier alpha value is -3.49. The monoisotopic (exact) mass is 545 g/mol. The maximum Gasteiger partial charge on any atom is 0.239 e. The van der Waals surface area contributed by atoms with E-state index in [1.807, 2.05) is 48.5 Å². The van der Waals surface area contributed by atoms with Crippen molar-refractivity contribution in [2.45, 2.75) is 37.5 Å². The normalized spacial score (nSPS) is 21.7. The van der Waals surface area contributed by atoms with E-state index < -0.39 is 10.0 Å². The fraction of sp³-hybridized carbons (Fsp3) is 0.355. The summed E-state index contributed by atoms with van der Waals surface area (Å²) in [5.41, 5.74) is 3.89. The fourth-order valence-corrected chi connectivity index (χ4v) is 7.67. The summed E-state index contributed by atoms with van der Waals surface area (Å²) < 4.78 is 41.2. The van der Waals surface area contributed by atoms with Crippen LogP contribution in [0.25, 0.3) is 0 Å². The number of benzene rings is 2. The molecule has 7 nitrogen and oxygen atoms in total. The van der Waals surface area contributed by atoms with Crippen molar-refractivity contribution < 1.29 is 17.9 Å². The third-order valence-electron chi connectivity index (χ3n) is 7.86. The molecule has 1 fully saturated rings.